The van der Waals surface area contributed by atoms with E-state index >= 15 is 0 Å². The molecule has 2 aromatic rings. The summed E-state index contributed by atoms with van der Waals surface area (Å²) in [7, 11) is 0. The van der Waals surface area contributed by atoms with Crippen molar-refractivity contribution in [2.75, 3.05) is 16.9 Å². The van der Waals surface area contributed by atoms with E-state index in [0.29, 0.717) is 5.69 Å². The Morgan fingerprint density at radius 3 is 2.90 bits per heavy atom. The van der Waals surface area contributed by atoms with Crippen molar-refractivity contribution in [3.05, 3.63) is 53.8 Å². The lowest BCUT2D eigenvalue weighted by atomic mass is 10.1. The molecule has 0 saturated heterocycles. The van der Waals surface area contributed by atoms with Crippen LogP contribution in [0.2, 0.25) is 0 Å². The van der Waals surface area contributed by atoms with E-state index in [1.54, 1.807) is 17.8 Å². The van der Waals surface area contributed by atoms with E-state index in [9.17, 15) is 9.18 Å². The molecule has 0 aliphatic carbocycles. The highest BCUT2D eigenvalue weighted by molar-refractivity contribution is 7.98. The number of hydrogen-bond acceptors (Lipinski definition) is 3. The molecule has 0 bridgehead atoms. The number of hydrogen-bond donors (Lipinski definition) is 2. The van der Waals surface area contributed by atoms with Gasteiger partial charge in [0.1, 0.15) is 11.9 Å². The van der Waals surface area contributed by atoms with Gasteiger partial charge >= 0.3 is 0 Å². The van der Waals surface area contributed by atoms with Gasteiger partial charge in [-0.15, -0.1) is 11.8 Å². The third-order valence-electron chi connectivity index (χ3n) is 3.23. The van der Waals surface area contributed by atoms with Gasteiger partial charge in [-0.1, -0.05) is 12.1 Å². The molecule has 1 heterocycles. The summed E-state index contributed by atoms with van der Waals surface area (Å²) in [6.45, 7) is 0. The maximum absolute atomic E-state index is 13.2. The highest BCUT2D eigenvalue weighted by Crippen LogP contribution is 2.34. The zero-order valence-corrected chi connectivity index (χ0v) is 11.6. The fraction of sp³-hybridized carbons (Fsp3) is 0.133. The zero-order chi connectivity index (χ0) is 14.1. The third kappa shape index (κ3) is 2.36. The Morgan fingerprint density at radius 1 is 1.25 bits per heavy atom. The van der Waals surface area contributed by atoms with Crippen molar-refractivity contribution in [3.8, 4) is 0 Å². The van der Waals surface area contributed by atoms with Gasteiger partial charge in [0.2, 0.25) is 0 Å². The molecule has 1 aliphatic heterocycles. The molecular formula is C15H13FN2OS. The van der Waals surface area contributed by atoms with Crippen LogP contribution >= 0.6 is 11.8 Å². The summed E-state index contributed by atoms with van der Waals surface area (Å²) >= 11 is 1.64. The number of thioether (sulfide) groups is 1. The molecule has 20 heavy (non-hydrogen) atoms. The van der Waals surface area contributed by atoms with Crippen LogP contribution in [-0.2, 0) is 4.79 Å². The van der Waals surface area contributed by atoms with Crippen LogP contribution in [0.4, 0.5) is 15.8 Å². The monoisotopic (exact) mass is 288 g/mol. The van der Waals surface area contributed by atoms with Crippen LogP contribution in [0.15, 0.2) is 47.4 Å². The first-order chi connectivity index (χ1) is 9.67. The van der Waals surface area contributed by atoms with Gasteiger partial charge in [-0.2, -0.15) is 0 Å². The van der Waals surface area contributed by atoms with Crippen LogP contribution in [0.1, 0.15) is 11.6 Å². The van der Waals surface area contributed by atoms with Crippen LogP contribution in [0.5, 0.6) is 0 Å². The van der Waals surface area contributed by atoms with Gasteiger partial charge in [0, 0.05) is 21.8 Å². The predicted octanol–water partition coefficient (Wildman–Crippen LogP) is 3.65. The molecule has 3 rings (SSSR count). The van der Waals surface area contributed by atoms with Gasteiger partial charge in [0.25, 0.3) is 5.91 Å². The molecule has 2 aromatic carbocycles. The minimum atomic E-state index is -0.484. The Kier molecular flexibility index (Phi) is 3.36. The van der Waals surface area contributed by atoms with Crippen LogP contribution in [0.25, 0.3) is 0 Å². The minimum absolute atomic E-state index is 0.167. The number of nitrogens with one attached hydrogen (secondary N) is 2. The predicted molar refractivity (Wildman–Crippen MR) is 79.6 cm³/mol. The summed E-state index contributed by atoms with van der Waals surface area (Å²) < 4.78 is 13.2. The van der Waals surface area contributed by atoms with Gasteiger partial charge in [0.15, 0.2) is 0 Å². The number of benzene rings is 2. The fourth-order valence-electron chi connectivity index (χ4n) is 2.26. The molecule has 0 spiro atoms. The van der Waals surface area contributed by atoms with Gasteiger partial charge < -0.3 is 10.6 Å². The molecule has 0 saturated carbocycles. The first-order valence-corrected chi connectivity index (χ1v) is 7.41. The largest absolute Gasteiger partial charge is 0.370 e. The molecule has 1 unspecified atom stereocenters. The lowest BCUT2D eigenvalue weighted by Gasteiger charge is -2.13. The molecule has 2 N–H and O–H groups in total. The molecular weight excluding hydrogens is 275 g/mol. The van der Waals surface area contributed by atoms with Crippen LogP contribution in [0.3, 0.4) is 0 Å². The highest BCUT2D eigenvalue weighted by atomic mass is 32.2. The van der Waals surface area contributed by atoms with Crippen molar-refractivity contribution in [1.29, 1.82) is 0 Å². The Labute approximate surface area is 120 Å². The second kappa shape index (κ2) is 5.17. The van der Waals surface area contributed by atoms with Crippen molar-refractivity contribution < 1.29 is 9.18 Å². The summed E-state index contributed by atoms with van der Waals surface area (Å²) in [5.74, 6) is -0.519. The van der Waals surface area contributed by atoms with Crippen molar-refractivity contribution in [2.45, 2.75) is 10.9 Å². The molecule has 1 aliphatic rings. The SMILES string of the molecule is CSc1cccc(NC2C(=O)Nc3cc(F)ccc32)c1. The van der Waals surface area contributed by atoms with Gasteiger partial charge in [0.05, 0.1) is 0 Å². The molecule has 1 amide bonds. The van der Waals surface area contributed by atoms with Gasteiger partial charge in [-0.25, -0.2) is 4.39 Å². The summed E-state index contributed by atoms with van der Waals surface area (Å²) in [5.41, 5.74) is 2.17. The number of anilines is 2. The lowest BCUT2D eigenvalue weighted by Crippen LogP contribution is -2.19. The van der Waals surface area contributed by atoms with E-state index in [0.717, 1.165) is 16.1 Å². The average molecular weight is 288 g/mol. The summed E-state index contributed by atoms with van der Waals surface area (Å²) in [6, 6.07) is 11.7. The van der Waals surface area contributed by atoms with E-state index in [-0.39, 0.29) is 11.7 Å². The number of amides is 1. The summed E-state index contributed by atoms with van der Waals surface area (Å²) in [4.78, 5) is 13.1. The Bertz CT molecular complexity index is 675. The number of carbonyl (C=O) groups excluding carboxylic acids is 1. The average Bonchev–Trinajstić information content (AvgIpc) is 2.74. The van der Waals surface area contributed by atoms with Crippen LogP contribution in [0, 0.1) is 5.82 Å². The minimum Gasteiger partial charge on any atom is -0.370 e. The smallest absolute Gasteiger partial charge is 0.251 e. The molecule has 102 valence electrons. The van der Waals surface area contributed by atoms with Crippen molar-refractivity contribution in [2.24, 2.45) is 0 Å². The normalized spacial score (nSPS) is 16.7. The molecule has 3 nitrogen and oxygen atoms in total. The molecule has 5 heteroatoms. The Hall–Kier alpha value is -2.01. The Morgan fingerprint density at radius 2 is 2.10 bits per heavy atom. The fourth-order valence-corrected chi connectivity index (χ4v) is 2.72. The third-order valence-corrected chi connectivity index (χ3v) is 3.95. The van der Waals surface area contributed by atoms with E-state index < -0.39 is 6.04 Å². The van der Waals surface area contributed by atoms with Gasteiger partial charge in [-0.05, 0) is 36.6 Å². The number of carbonyl (C=O) groups is 1. The van der Waals surface area contributed by atoms with E-state index in [2.05, 4.69) is 10.6 Å². The van der Waals surface area contributed by atoms with Crippen molar-refractivity contribution >= 4 is 29.0 Å². The molecule has 0 radical (unpaired) electrons. The zero-order valence-electron chi connectivity index (χ0n) is 10.8. The standard InChI is InChI=1S/C15H13FN2OS/c1-20-11-4-2-3-10(8-11)17-14-12-6-5-9(16)7-13(12)18-15(14)19/h2-8,14,17H,1H3,(H,18,19). The Balaban J connectivity index is 1.90. The maximum atomic E-state index is 13.2. The number of halogens is 1. The van der Waals surface area contributed by atoms with E-state index in [1.165, 1.54) is 12.1 Å². The summed E-state index contributed by atoms with van der Waals surface area (Å²) in [6.07, 6.45) is 2.00. The first kappa shape index (κ1) is 13.0. The second-order valence-corrected chi connectivity index (χ2v) is 5.41. The van der Waals surface area contributed by atoms with Crippen LogP contribution in [-0.4, -0.2) is 12.2 Å². The number of rotatable bonds is 3. The molecule has 0 fully saturated rings. The maximum Gasteiger partial charge on any atom is 0.251 e. The van der Waals surface area contributed by atoms with E-state index in [1.807, 2.05) is 30.5 Å². The van der Waals surface area contributed by atoms with Crippen molar-refractivity contribution in [1.82, 2.24) is 0 Å². The van der Waals surface area contributed by atoms with Crippen molar-refractivity contribution in [3.63, 3.8) is 0 Å². The van der Waals surface area contributed by atoms with Gasteiger partial charge in [-0.3, -0.25) is 4.79 Å². The second-order valence-electron chi connectivity index (χ2n) is 4.53. The molecule has 1 atom stereocenters. The summed E-state index contributed by atoms with van der Waals surface area (Å²) in [5, 5.41) is 5.88. The first-order valence-electron chi connectivity index (χ1n) is 6.18. The molecule has 0 aromatic heterocycles. The van der Waals surface area contributed by atoms with Crippen LogP contribution < -0.4 is 10.6 Å². The number of fused-ring (bicyclic) bond motifs is 1. The van der Waals surface area contributed by atoms with E-state index in [4.69, 9.17) is 0 Å². The lowest BCUT2D eigenvalue weighted by molar-refractivity contribution is -0.116. The highest BCUT2D eigenvalue weighted by Gasteiger charge is 2.30. The quantitative estimate of drug-likeness (QED) is 0.847. The topological polar surface area (TPSA) is 41.1 Å².